The normalized spacial score (nSPS) is 16.6. The summed E-state index contributed by atoms with van der Waals surface area (Å²) in [5.74, 6) is 0. The van der Waals surface area contributed by atoms with Crippen molar-refractivity contribution in [1.82, 2.24) is 0 Å². The van der Waals surface area contributed by atoms with Crippen molar-refractivity contribution in [3.05, 3.63) is 13.2 Å². The fourth-order valence-corrected chi connectivity index (χ4v) is 20.9. The van der Waals surface area contributed by atoms with Crippen LogP contribution in [-0.4, -0.2) is 47.0 Å². The Kier molecular flexibility index (Phi) is 12.5. The minimum absolute atomic E-state index is 0.295. The number of hydrogen-bond acceptors (Lipinski definition) is 4. The Morgan fingerprint density at radius 1 is 0.760 bits per heavy atom. The molecule has 0 bridgehead atoms. The summed E-state index contributed by atoms with van der Waals surface area (Å²) in [4.78, 5) is 0. The maximum Gasteiger partial charge on any atom is 0.315 e. The monoisotopic (exact) mass is 424 g/mol. The molecule has 25 heavy (non-hydrogen) atoms. The van der Waals surface area contributed by atoms with Gasteiger partial charge in [-0.25, -0.2) is 0 Å². The van der Waals surface area contributed by atoms with E-state index < -0.39 is 33.8 Å². The Hall–Kier alpha value is 0.448. The second-order valence-electron chi connectivity index (χ2n) is 9.00. The van der Waals surface area contributed by atoms with Crippen molar-refractivity contribution in [2.24, 2.45) is 0 Å². The van der Waals surface area contributed by atoms with Gasteiger partial charge in [0.15, 0.2) is 16.6 Å². The van der Waals surface area contributed by atoms with Crippen LogP contribution in [0.3, 0.4) is 0 Å². The van der Waals surface area contributed by atoms with Gasteiger partial charge in [-0.05, 0) is 84.7 Å². The third kappa shape index (κ3) is 16.4. The van der Waals surface area contributed by atoms with Crippen LogP contribution in [-0.2, 0) is 17.1 Å². The van der Waals surface area contributed by atoms with Gasteiger partial charge in [-0.1, -0.05) is 0 Å². The summed E-state index contributed by atoms with van der Waals surface area (Å²) in [6.45, 7) is 28.1. The first kappa shape index (κ1) is 27.7. The number of ether oxygens (including phenoxy) is 1. The molecular formula is C17H44O4Si4. The zero-order valence-corrected chi connectivity index (χ0v) is 22.7. The van der Waals surface area contributed by atoms with Crippen molar-refractivity contribution in [3.63, 3.8) is 0 Å². The van der Waals surface area contributed by atoms with Gasteiger partial charge in [-0.15, -0.1) is 13.2 Å². The second kappa shape index (κ2) is 11.3. The molecule has 0 saturated heterocycles. The molecule has 0 aliphatic carbocycles. The Balaban J connectivity index is 0. The summed E-state index contributed by atoms with van der Waals surface area (Å²) in [5, 5.41) is 0. The van der Waals surface area contributed by atoms with E-state index in [9.17, 15) is 0 Å². The molecule has 0 amide bonds. The SMILES string of the molecule is C=C.COC(C)CCC[Si](C)(O[Si](C)(C)C)O[Si](C)(C)O[Si](C)(C)C. The van der Waals surface area contributed by atoms with Crippen LogP contribution in [0, 0.1) is 0 Å². The van der Waals surface area contributed by atoms with Crippen molar-refractivity contribution in [1.29, 1.82) is 0 Å². The first-order chi connectivity index (χ1) is 11.1. The van der Waals surface area contributed by atoms with Gasteiger partial charge in [-0.2, -0.15) is 0 Å². The van der Waals surface area contributed by atoms with E-state index in [4.69, 9.17) is 17.1 Å². The van der Waals surface area contributed by atoms with E-state index in [0.29, 0.717) is 6.10 Å². The van der Waals surface area contributed by atoms with E-state index in [1.807, 2.05) is 0 Å². The van der Waals surface area contributed by atoms with Crippen LogP contribution in [0.4, 0.5) is 0 Å². The molecule has 0 aromatic carbocycles. The van der Waals surface area contributed by atoms with E-state index >= 15 is 0 Å². The minimum atomic E-state index is -2.23. The molecule has 8 heteroatoms. The van der Waals surface area contributed by atoms with Gasteiger partial charge in [0, 0.05) is 7.11 Å². The van der Waals surface area contributed by atoms with Crippen molar-refractivity contribution < 1.29 is 17.1 Å². The highest BCUT2D eigenvalue weighted by molar-refractivity contribution is 6.89. The third-order valence-electron chi connectivity index (χ3n) is 3.18. The van der Waals surface area contributed by atoms with Gasteiger partial charge in [0.1, 0.15) is 0 Å². The fourth-order valence-electron chi connectivity index (χ4n) is 2.88. The molecule has 0 aliphatic rings. The lowest BCUT2D eigenvalue weighted by atomic mass is 10.2. The average Bonchev–Trinajstić information content (AvgIpc) is 2.34. The summed E-state index contributed by atoms with van der Waals surface area (Å²) >= 11 is 0. The van der Waals surface area contributed by atoms with Crippen molar-refractivity contribution in [3.8, 4) is 0 Å². The maximum atomic E-state index is 6.65. The van der Waals surface area contributed by atoms with E-state index in [2.05, 4.69) is 79.0 Å². The van der Waals surface area contributed by atoms with Crippen LogP contribution >= 0.6 is 0 Å². The van der Waals surface area contributed by atoms with Crippen LogP contribution < -0.4 is 0 Å². The molecule has 152 valence electrons. The minimum Gasteiger partial charge on any atom is -0.437 e. The standard InChI is InChI=1S/C15H40O4Si4.C2H4/c1-15(16-2)13-12-14-23(11,18-21(6,7)8)19-22(9,10)17-20(3,4)5;1-2/h15H,12-14H2,1-11H3;1-2H2. The largest absolute Gasteiger partial charge is 0.437 e. The molecule has 0 aromatic heterocycles. The quantitative estimate of drug-likeness (QED) is 0.297. The van der Waals surface area contributed by atoms with Gasteiger partial charge < -0.3 is 17.1 Å². The summed E-state index contributed by atoms with van der Waals surface area (Å²) < 4.78 is 25.0. The number of rotatable bonds is 11. The van der Waals surface area contributed by atoms with E-state index in [1.54, 1.807) is 7.11 Å². The maximum absolute atomic E-state index is 6.65. The van der Waals surface area contributed by atoms with Gasteiger partial charge in [-0.3, -0.25) is 0 Å². The van der Waals surface area contributed by atoms with Gasteiger partial charge >= 0.3 is 17.1 Å². The molecule has 0 radical (unpaired) electrons. The summed E-state index contributed by atoms with van der Waals surface area (Å²) in [6.07, 6.45) is 2.43. The van der Waals surface area contributed by atoms with Crippen LogP contribution in [0.15, 0.2) is 13.2 Å². The third-order valence-corrected chi connectivity index (χ3v) is 16.7. The molecule has 0 spiro atoms. The predicted octanol–water partition coefficient (Wildman–Crippen LogP) is 6.10. The molecule has 0 aliphatic heterocycles. The molecule has 0 aromatic rings. The van der Waals surface area contributed by atoms with Crippen molar-refractivity contribution in [2.45, 2.75) is 90.8 Å². The zero-order chi connectivity index (χ0) is 20.5. The Morgan fingerprint density at radius 2 is 1.20 bits per heavy atom. The highest BCUT2D eigenvalue weighted by Crippen LogP contribution is 2.28. The first-order valence-electron chi connectivity index (χ1n) is 9.21. The highest BCUT2D eigenvalue weighted by Gasteiger charge is 2.44. The van der Waals surface area contributed by atoms with Crippen LogP contribution in [0.1, 0.15) is 19.8 Å². The lowest BCUT2D eigenvalue weighted by molar-refractivity contribution is 0.110. The first-order valence-corrected chi connectivity index (χ1v) is 21.4. The molecular weight excluding hydrogens is 381 g/mol. The fraction of sp³-hybridized carbons (Fsp3) is 0.882. The predicted molar refractivity (Wildman–Crippen MR) is 121 cm³/mol. The second-order valence-corrected chi connectivity index (χ2v) is 25.5. The Bertz CT molecular complexity index is 367. The van der Waals surface area contributed by atoms with Crippen molar-refractivity contribution in [2.75, 3.05) is 7.11 Å². The molecule has 4 nitrogen and oxygen atoms in total. The van der Waals surface area contributed by atoms with Crippen LogP contribution in [0.5, 0.6) is 0 Å². The lowest BCUT2D eigenvalue weighted by Crippen LogP contribution is -2.56. The van der Waals surface area contributed by atoms with Crippen LogP contribution in [0.2, 0.25) is 65.0 Å². The summed E-state index contributed by atoms with van der Waals surface area (Å²) in [5.41, 5.74) is 0. The van der Waals surface area contributed by atoms with E-state index in [0.717, 1.165) is 18.9 Å². The average molecular weight is 425 g/mol. The van der Waals surface area contributed by atoms with E-state index in [-0.39, 0.29) is 0 Å². The molecule has 0 heterocycles. The smallest absolute Gasteiger partial charge is 0.315 e. The molecule has 2 unspecified atom stereocenters. The molecule has 0 saturated carbocycles. The van der Waals surface area contributed by atoms with Gasteiger partial charge in [0.25, 0.3) is 0 Å². The van der Waals surface area contributed by atoms with Crippen LogP contribution in [0.25, 0.3) is 0 Å². The highest BCUT2D eigenvalue weighted by atomic mass is 28.5. The molecule has 0 fully saturated rings. The number of methoxy groups -OCH3 is 1. The molecule has 0 N–H and O–H groups in total. The summed E-state index contributed by atoms with van der Waals surface area (Å²) in [6, 6.07) is 1.01. The topological polar surface area (TPSA) is 36.9 Å². The van der Waals surface area contributed by atoms with E-state index in [1.165, 1.54) is 0 Å². The number of hydrogen-bond donors (Lipinski definition) is 0. The Morgan fingerprint density at radius 3 is 1.56 bits per heavy atom. The van der Waals surface area contributed by atoms with Crippen molar-refractivity contribution >= 4 is 33.8 Å². The molecule has 2 atom stereocenters. The Labute approximate surface area is 162 Å². The van der Waals surface area contributed by atoms with Gasteiger partial charge in [0.2, 0.25) is 0 Å². The zero-order valence-electron chi connectivity index (χ0n) is 18.7. The van der Waals surface area contributed by atoms with Gasteiger partial charge in [0.05, 0.1) is 6.10 Å². The lowest BCUT2D eigenvalue weighted by Gasteiger charge is -2.41. The summed E-state index contributed by atoms with van der Waals surface area (Å²) in [7, 11) is -5.90. The molecule has 0 rings (SSSR count).